The maximum atomic E-state index is 12.3. The zero-order valence-corrected chi connectivity index (χ0v) is 13.5. The summed E-state index contributed by atoms with van der Waals surface area (Å²) in [6, 6.07) is 2.96. The van der Waals surface area contributed by atoms with Gasteiger partial charge in [-0.2, -0.15) is 0 Å². The van der Waals surface area contributed by atoms with Crippen molar-refractivity contribution in [3.8, 4) is 0 Å². The molecule has 2 atom stereocenters. The van der Waals surface area contributed by atoms with Gasteiger partial charge in [-0.25, -0.2) is 0 Å². The average molecular weight is 336 g/mol. The van der Waals surface area contributed by atoms with E-state index in [1.54, 1.807) is 17.8 Å². The molecule has 2 fully saturated rings. The van der Waals surface area contributed by atoms with Gasteiger partial charge in [0.1, 0.15) is 5.56 Å². The quantitative estimate of drug-likeness (QED) is 0.697. The van der Waals surface area contributed by atoms with Crippen molar-refractivity contribution in [1.29, 1.82) is 0 Å². The van der Waals surface area contributed by atoms with Gasteiger partial charge in [0.15, 0.2) is 0 Å². The normalized spacial score (nSPS) is 23.9. The second-order valence-electron chi connectivity index (χ2n) is 5.82. The maximum Gasteiger partial charge on any atom is 0.260 e. The van der Waals surface area contributed by atoms with E-state index in [1.165, 1.54) is 12.3 Å². The van der Waals surface area contributed by atoms with Crippen LogP contribution in [0.2, 0.25) is 0 Å². The fraction of sp³-hybridized carbons (Fsp3) is 0.533. The fourth-order valence-corrected chi connectivity index (χ4v) is 3.85. The molecule has 1 unspecified atom stereocenters. The topological polar surface area (TPSA) is 94.3 Å². The molecule has 1 aromatic rings. The summed E-state index contributed by atoms with van der Waals surface area (Å²) in [6.07, 6.45) is 2.21. The third-order valence-corrected chi connectivity index (χ3v) is 5.16. The maximum absolute atomic E-state index is 12.3. The van der Waals surface area contributed by atoms with Crippen LogP contribution in [0.1, 0.15) is 16.8 Å². The lowest BCUT2D eigenvalue weighted by Gasteiger charge is -2.19. The number of carbonyl (C=O) groups is 2. The minimum Gasteiger partial charge on any atom is -0.352 e. The van der Waals surface area contributed by atoms with Crippen LogP contribution in [0.3, 0.4) is 0 Å². The lowest BCUT2D eigenvalue weighted by atomic mass is 10.0. The molecule has 1 aromatic heterocycles. The van der Waals surface area contributed by atoms with Gasteiger partial charge >= 0.3 is 0 Å². The Balaban J connectivity index is 1.48. The number of thioether (sulfide) groups is 1. The largest absolute Gasteiger partial charge is 0.352 e. The molecule has 0 saturated carbocycles. The molecule has 0 spiro atoms. The number of rotatable bonds is 4. The van der Waals surface area contributed by atoms with Crippen LogP contribution in [0.5, 0.6) is 0 Å². The molecule has 2 aliphatic heterocycles. The Hall–Kier alpha value is -1.80. The number of hydrogen-bond donors (Lipinski definition) is 3. The van der Waals surface area contributed by atoms with Crippen molar-refractivity contribution in [3.05, 3.63) is 34.2 Å². The van der Waals surface area contributed by atoms with Crippen molar-refractivity contribution in [2.45, 2.75) is 12.5 Å². The van der Waals surface area contributed by atoms with Crippen LogP contribution in [0, 0.1) is 5.92 Å². The van der Waals surface area contributed by atoms with Crippen LogP contribution in [0.4, 0.5) is 0 Å². The Morgan fingerprint density at radius 2 is 2.30 bits per heavy atom. The van der Waals surface area contributed by atoms with E-state index >= 15 is 0 Å². The molecule has 3 heterocycles. The SMILES string of the molecule is O=C(NCC1CN[C@H](C(=O)N2CCSC2)C1)c1ccc[nH]c1=O. The van der Waals surface area contributed by atoms with Crippen LogP contribution >= 0.6 is 11.8 Å². The average Bonchev–Trinajstić information content (AvgIpc) is 3.24. The lowest BCUT2D eigenvalue weighted by Crippen LogP contribution is -2.42. The molecule has 0 aliphatic carbocycles. The number of aromatic nitrogens is 1. The highest BCUT2D eigenvalue weighted by Crippen LogP contribution is 2.19. The van der Waals surface area contributed by atoms with E-state index in [4.69, 9.17) is 0 Å². The van der Waals surface area contributed by atoms with E-state index in [2.05, 4.69) is 15.6 Å². The Morgan fingerprint density at radius 3 is 3.04 bits per heavy atom. The molecule has 2 saturated heterocycles. The smallest absolute Gasteiger partial charge is 0.260 e. The monoisotopic (exact) mass is 336 g/mol. The summed E-state index contributed by atoms with van der Waals surface area (Å²) in [4.78, 5) is 40.3. The van der Waals surface area contributed by atoms with Crippen molar-refractivity contribution in [2.24, 2.45) is 5.92 Å². The van der Waals surface area contributed by atoms with Crippen LogP contribution in [0.25, 0.3) is 0 Å². The van der Waals surface area contributed by atoms with Crippen molar-refractivity contribution in [3.63, 3.8) is 0 Å². The summed E-state index contributed by atoms with van der Waals surface area (Å²) in [5.41, 5.74) is -0.283. The number of hydrogen-bond acceptors (Lipinski definition) is 5. The number of nitrogens with one attached hydrogen (secondary N) is 3. The molecular weight excluding hydrogens is 316 g/mol. The van der Waals surface area contributed by atoms with Gasteiger partial charge in [-0.1, -0.05) is 0 Å². The Bertz CT molecular complexity index is 642. The van der Waals surface area contributed by atoms with Crippen molar-refractivity contribution in [2.75, 3.05) is 31.3 Å². The molecular formula is C15H20N4O3S. The third kappa shape index (κ3) is 3.76. The highest BCUT2D eigenvalue weighted by molar-refractivity contribution is 7.99. The molecule has 0 aromatic carbocycles. The van der Waals surface area contributed by atoms with Crippen molar-refractivity contribution >= 4 is 23.6 Å². The summed E-state index contributed by atoms with van der Waals surface area (Å²) < 4.78 is 0. The Labute approximate surface area is 138 Å². The molecule has 8 heteroatoms. The zero-order valence-electron chi connectivity index (χ0n) is 12.7. The molecule has 0 radical (unpaired) electrons. The van der Waals surface area contributed by atoms with E-state index < -0.39 is 5.56 Å². The second kappa shape index (κ2) is 7.18. The van der Waals surface area contributed by atoms with Crippen LogP contribution in [-0.4, -0.2) is 59.0 Å². The minimum absolute atomic E-state index is 0.111. The molecule has 0 bridgehead atoms. The minimum atomic E-state index is -0.394. The van der Waals surface area contributed by atoms with E-state index in [-0.39, 0.29) is 29.3 Å². The summed E-state index contributed by atoms with van der Waals surface area (Å²) >= 11 is 1.77. The highest BCUT2D eigenvalue weighted by atomic mass is 32.2. The van der Waals surface area contributed by atoms with Crippen LogP contribution in [0.15, 0.2) is 23.1 Å². The first kappa shape index (κ1) is 16.1. The van der Waals surface area contributed by atoms with Gasteiger partial charge in [-0.3, -0.25) is 14.4 Å². The van der Waals surface area contributed by atoms with Gasteiger partial charge in [-0.15, -0.1) is 11.8 Å². The molecule has 23 heavy (non-hydrogen) atoms. The number of pyridine rings is 1. The second-order valence-corrected chi connectivity index (χ2v) is 6.90. The number of carbonyl (C=O) groups excluding carboxylic acids is 2. The number of aromatic amines is 1. The number of H-pyrrole nitrogens is 1. The van der Waals surface area contributed by atoms with Gasteiger partial charge in [0, 0.05) is 31.6 Å². The molecule has 3 N–H and O–H groups in total. The first-order valence-electron chi connectivity index (χ1n) is 7.71. The van der Waals surface area contributed by atoms with Gasteiger partial charge in [0.2, 0.25) is 5.91 Å². The van der Waals surface area contributed by atoms with Crippen molar-refractivity contribution < 1.29 is 9.59 Å². The van der Waals surface area contributed by atoms with Crippen molar-refractivity contribution in [1.82, 2.24) is 20.5 Å². The summed E-state index contributed by atoms with van der Waals surface area (Å²) in [5.74, 6) is 1.76. The van der Waals surface area contributed by atoms with E-state index in [9.17, 15) is 14.4 Å². The summed E-state index contributed by atoms with van der Waals surface area (Å²) in [7, 11) is 0. The van der Waals surface area contributed by atoms with Gasteiger partial charge in [0.05, 0.1) is 11.9 Å². The highest BCUT2D eigenvalue weighted by Gasteiger charge is 2.33. The summed E-state index contributed by atoms with van der Waals surface area (Å²) in [6.45, 7) is 1.97. The first-order valence-corrected chi connectivity index (χ1v) is 8.86. The third-order valence-electron chi connectivity index (χ3n) is 4.20. The van der Waals surface area contributed by atoms with E-state index in [0.29, 0.717) is 19.5 Å². The molecule has 7 nitrogen and oxygen atoms in total. The molecule has 2 amide bonds. The van der Waals surface area contributed by atoms with E-state index in [1.807, 2.05) is 4.90 Å². The molecule has 3 rings (SSSR count). The summed E-state index contributed by atoms with van der Waals surface area (Å²) in [5, 5.41) is 6.02. The standard InChI is InChI=1S/C15H20N4O3S/c20-13-11(2-1-3-16-13)14(21)18-8-10-6-12(17-7-10)15(22)19-4-5-23-9-19/h1-3,10,12,17H,4-9H2,(H,16,20)(H,18,21)/t10?,12-/m0/s1. The number of nitrogens with zero attached hydrogens (tertiary/aromatic N) is 1. The zero-order chi connectivity index (χ0) is 16.2. The fourth-order valence-electron chi connectivity index (χ4n) is 2.89. The van der Waals surface area contributed by atoms with E-state index in [0.717, 1.165) is 18.2 Å². The Morgan fingerprint density at radius 1 is 1.43 bits per heavy atom. The van der Waals surface area contributed by atoms with Crippen LogP contribution < -0.4 is 16.2 Å². The first-order chi connectivity index (χ1) is 11.1. The van der Waals surface area contributed by atoms with Crippen LogP contribution in [-0.2, 0) is 4.79 Å². The lowest BCUT2D eigenvalue weighted by molar-refractivity contribution is -0.131. The predicted molar refractivity (Wildman–Crippen MR) is 88.3 cm³/mol. The van der Waals surface area contributed by atoms with Gasteiger partial charge in [-0.05, 0) is 24.5 Å². The molecule has 2 aliphatic rings. The van der Waals surface area contributed by atoms with Gasteiger partial charge in [0.25, 0.3) is 11.5 Å². The number of amides is 2. The van der Waals surface area contributed by atoms with Gasteiger partial charge < -0.3 is 20.5 Å². The Kier molecular flexibility index (Phi) is 5.02. The predicted octanol–water partition coefficient (Wildman–Crippen LogP) is -0.384. The molecule has 124 valence electrons.